The van der Waals surface area contributed by atoms with Crippen molar-refractivity contribution < 1.29 is 4.79 Å². The number of rotatable bonds is 3. The summed E-state index contributed by atoms with van der Waals surface area (Å²) in [6, 6.07) is 0.0223. The highest BCUT2D eigenvalue weighted by Gasteiger charge is 2.27. The van der Waals surface area contributed by atoms with E-state index in [2.05, 4.69) is 19.2 Å². The molecule has 0 aromatic heterocycles. The van der Waals surface area contributed by atoms with Crippen molar-refractivity contribution in [2.45, 2.75) is 33.2 Å². The van der Waals surface area contributed by atoms with Crippen molar-refractivity contribution >= 4 is 5.91 Å². The second-order valence-corrected chi connectivity index (χ2v) is 3.66. The fourth-order valence-corrected chi connectivity index (χ4v) is 1.35. The van der Waals surface area contributed by atoms with Crippen molar-refractivity contribution in [3.05, 3.63) is 0 Å². The maximum Gasteiger partial charge on any atom is 0.240 e. The van der Waals surface area contributed by atoms with Crippen molar-refractivity contribution in [1.29, 1.82) is 0 Å². The molecule has 1 heterocycles. The van der Waals surface area contributed by atoms with Crippen LogP contribution in [0, 0.1) is 5.92 Å². The molecule has 70 valence electrons. The molecule has 1 amide bonds. The average molecular weight is 170 g/mol. The van der Waals surface area contributed by atoms with Crippen molar-refractivity contribution in [2.24, 2.45) is 5.92 Å². The Labute approximate surface area is 74.1 Å². The monoisotopic (exact) mass is 170 g/mol. The van der Waals surface area contributed by atoms with Gasteiger partial charge in [0.25, 0.3) is 0 Å². The van der Waals surface area contributed by atoms with E-state index in [0.29, 0.717) is 5.92 Å². The standard InChI is InChI=1S/C9H18N2O/c1-4-7(2)5-11-6-10-8(3)9(11)12/h7-8,10H,4-6H2,1-3H3. The predicted molar refractivity (Wildman–Crippen MR) is 48.6 cm³/mol. The van der Waals surface area contributed by atoms with E-state index in [0.717, 1.165) is 19.6 Å². The first-order valence-corrected chi connectivity index (χ1v) is 4.67. The first-order valence-electron chi connectivity index (χ1n) is 4.67. The van der Waals surface area contributed by atoms with Crippen LogP contribution in [0.15, 0.2) is 0 Å². The highest BCUT2D eigenvalue weighted by atomic mass is 16.2. The maximum atomic E-state index is 11.4. The molecule has 0 radical (unpaired) electrons. The highest BCUT2D eigenvalue weighted by molar-refractivity contribution is 5.83. The summed E-state index contributed by atoms with van der Waals surface area (Å²) >= 11 is 0. The highest BCUT2D eigenvalue weighted by Crippen LogP contribution is 2.08. The molecule has 1 aliphatic rings. The Morgan fingerprint density at radius 3 is 2.83 bits per heavy atom. The van der Waals surface area contributed by atoms with Crippen LogP contribution in [0.2, 0.25) is 0 Å². The van der Waals surface area contributed by atoms with Crippen LogP contribution in [0.4, 0.5) is 0 Å². The lowest BCUT2D eigenvalue weighted by atomic mass is 10.1. The van der Waals surface area contributed by atoms with Gasteiger partial charge >= 0.3 is 0 Å². The maximum absolute atomic E-state index is 11.4. The first kappa shape index (κ1) is 9.52. The molecule has 0 spiro atoms. The minimum Gasteiger partial charge on any atom is -0.328 e. The summed E-state index contributed by atoms with van der Waals surface area (Å²) in [4.78, 5) is 13.3. The van der Waals surface area contributed by atoms with E-state index in [9.17, 15) is 4.79 Å². The fraction of sp³-hybridized carbons (Fsp3) is 0.889. The molecular formula is C9H18N2O. The number of hydrogen-bond acceptors (Lipinski definition) is 2. The largest absolute Gasteiger partial charge is 0.328 e. The molecule has 0 aromatic rings. The normalized spacial score (nSPS) is 26.4. The topological polar surface area (TPSA) is 32.3 Å². The van der Waals surface area contributed by atoms with Gasteiger partial charge < -0.3 is 4.90 Å². The van der Waals surface area contributed by atoms with Crippen LogP contribution in [0.25, 0.3) is 0 Å². The molecule has 1 N–H and O–H groups in total. The molecular weight excluding hydrogens is 152 g/mol. The third-order valence-electron chi connectivity index (χ3n) is 2.50. The third kappa shape index (κ3) is 1.97. The van der Waals surface area contributed by atoms with E-state index in [4.69, 9.17) is 0 Å². The Morgan fingerprint density at radius 1 is 1.75 bits per heavy atom. The van der Waals surface area contributed by atoms with Gasteiger partial charge in [-0.1, -0.05) is 20.3 Å². The van der Waals surface area contributed by atoms with Crippen LogP contribution in [-0.2, 0) is 4.79 Å². The van der Waals surface area contributed by atoms with E-state index >= 15 is 0 Å². The van der Waals surface area contributed by atoms with E-state index in [1.807, 2.05) is 11.8 Å². The number of amides is 1. The van der Waals surface area contributed by atoms with Crippen LogP contribution in [-0.4, -0.2) is 30.1 Å². The zero-order chi connectivity index (χ0) is 9.14. The Morgan fingerprint density at radius 2 is 2.42 bits per heavy atom. The van der Waals surface area contributed by atoms with Crippen LogP contribution < -0.4 is 5.32 Å². The zero-order valence-corrected chi connectivity index (χ0v) is 8.13. The lowest BCUT2D eigenvalue weighted by Gasteiger charge is -2.18. The van der Waals surface area contributed by atoms with Gasteiger partial charge in [0.1, 0.15) is 0 Å². The van der Waals surface area contributed by atoms with E-state index in [1.54, 1.807) is 0 Å². The van der Waals surface area contributed by atoms with Crippen LogP contribution in [0.3, 0.4) is 0 Å². The summed E-state index contributed by atoms with van der Waals surface area (Å²) in [5.41, 5.74) is 0. The molecule has 1 aliphatic heterocycles. The second-order valence-electron chi connectivity index (χ2n) is 3.66. The summed E-state index contributed by atoms with van der Waals surface area (Å²) < 4.78 is 0. The molecule has 1 fully saturated rings. The summed E-state index contributed by atoms with van der Waals surface area (Å²) in [6.07, 6.45) is 1.14. The van der Waals surface area contributed by atoms with Gasteiger partial charge in [0.15, 0.2) is 0 Å². The zero-order valence-electron chi connectivity index (χ0n) is 8.13. The number of carbonyl (C=O) groups is 1. The summed E-state index contributed by atoms with van der Waals surface area (Å²) in [6.45, 7) is 7.87. The van der Waals surface area contributed by atoms with Gasteiger partial charge in [-0.25, -0.2) is 0 Å². The molecule has 1 rings (SSSR count). The number of hydrogen-bond donors (Lipinski definition) is 1. The quantitative estimate of drug-likeness (QED) is 0.680. The molecule has 1 saturated heterocycles. The van der Waals surface area contributed by atoms with Crippen molar-refractivity contribution in [3.63, 3.8) is 0 Å². The average Bonchev–Trinajstić information content (AvgIpc) is 2.36. The van der Waals surface area contributed by atoms with Crippen molar-refractivity contribution in [1.82, 2.24) is 10.2 Å². The fourth-order valence-electron chi connectivity index (χ4n) is 1.35. The van der Waals surface area contributed by atoms with Crippen molar-refractivity contribution in [3.8, 4) is 0 Å². The van der Waals surface area contributed by atoms with E-state index in [-0.39, 0.29) is 11.9 Å². The van der Waals surface area contributed by atoms with Crippen LogP contribution in [0.1, 0.15) is 27.2 Å². The van der Waals surface area contributed by atoms with Crippen LogP contribution in [0.5, 0.6) is 0 Å². The SMILES string of the molecule is CCC(C)CN1CNC(C)C1=O. The molecule has 3 nitrogen and oxygen atoms in total. The van der Waals surface area contributed by atoms with Gasteiger partial charge in [-0.2, -0.15) is 0 Å². The van der Waals surface area contributed by atoms with E-state index in [1.165, 1.54) is 0 Å². The molecule has 0 aliphatic carbocycles. The third-order valence-corrected chi connectivity index (χ3v) is 2.50. The predicted octanol–water partition coefficient (Wildman–Crippen LogP) is 0.810. The molecule has 12 heavy (non-hydrogen) atoms. The van der Waals surface area contributed by atoms with Gasteiger partial charge in [0.2, 0.25) is 5.91 Å². The molecule has 2 atom stereocenters. The Balaban J connectivity index is 2.39. The molecule has 2 unspecified atom stereocenters. The Kier molecular flexibility index (Phi) is 3.09. The summed E-state index contributed by atoms with van der Waals surface area (Å²) in [5, 5.41) is 3.13. The lowest BCUT2D eigenvalue weighted by molar-refractivity contribution is -0.129. The summed E-state index contributed by atoms with van der Waals surface area (Å²) in [7, 11) is 0. The minimum atomic E-state index is 0.0223. The van der Waals surface area contributed by atoms with Gasteiger partial charge in [0.05, 0.1) is 12.7 Å². The first-order chi connectivity index (χ1) is 5.65. The Hall–Kier alpha value is -0.570. The Bertz CT molecular complexity index is 170. The summed E-state index contributed by atoms with van der Waals surface area (Å²) in [5.74, 6) is 0.858. The molecule has 3 heteroatoms. The molecule has 0 aromatic carbocycles. The lowest BCUT2D eigenvalue weighted by Crippen LogP contribution is -2.32. The van der Waals surface area contributed by atoms with Gasteiger partial charge in [-0.15, -0.1) is 0 Å². The minimum absolute atomic E-state index is 0.0223. The smallest absolute Gasteiger partial charge is 0.240 e. The van der Waals surface area contributed by atoms with Gasteiger partial charge in [0, 0.05) is 6.54 Å². The van der Waals surface area contributed by atoms with Gasteiger partial charge in [-0.05, 0) is 12.8 Å². The second kappa shape index (κ2) is 3.90. The van der Waals surface area contributed by atoms with E-state index < -0.39 is 0 Å². The van der Waals surface area contributed by atoms with Crippen LogP contribution >= 0.6 is 0 Å². The number of carbonyl (C=O) groups excluding carboxylic acids is 1. The van der Waals surface area contributed by atoms with Crippen molar-refractivity contribution in [2.75, 3.05) is 13.2 Å². The number of nitrogens with one attached hydrogen (secondary N) is 1. The van der Waals surface area contributed by atoms with Gasteiger partial charge in [-0.3, -0.25) is 10.1 Å². The molecule has 0 bridgehead atoms. The number of nitrogens with zero attached hydrogens (tertiary/aromatic N) is 1. The molecule has 0 saturated carbocycles.